The molecule has 0 atom stereocenters. The number of carbonyl (C=O) groups excluding carboxylic acids is 1. The fraction of sp³-hybridized carbons (Fsp3) is 0.417. The van der Waals surface area contributed by atoms with Gasteiger partial charge in [0.1, 0.15) is 0 Å². The van der Waals surface area contributed by atoms with Gasteiger partial charge in [0.05, 0.1) is 4.92 Å². The molecule has 0 fully saturated rings. The summed E-state index contributed by atoms with van der Waals surface area (Å²) in [6.45, 7) is 3.09. The molecule has 1 aromatic rings. The Balaban J connectivity index is 3.00. The molecule has 0 saturated carbocycles. The van der Waals surface area contributed by atoms with Gasteiger partial charge in [-0.3, -0.25) is 14.9 Å². The first kappa shape index (κ1) is 16.1. The van der Waals surface area contributed by atoms with E-state index in [1.165, 1.54) is 12.1 Å². The lowest BCUT2D eigenvalue weighted by Crippen LogP contribution is -2.32. The van der Waals surface area contributed by atoms with Crippen LogP contribution in [0.1, 0.15) is 23.7 Å². The van der Waals surface area contributed by atoms with E-state index < -0.39 is 4.92 Å². The molecule has 7 heteroatoms. The zero-order valence-electron chi connectivity index (χ0n) is 10.4. The molecule has 1 amide bonds. The van der Waals surface area contributed by atoms with Gasteiger partial charge in [0.15, 0.2) is 0 Å². The second-order valence-corrected chi connectivity index (χ2v) is 5.59. The molecule has 0 radical (unpaired) electrons. The van der Waals surface area contributed by atoms with Gasteiger partial charge in [-0.2, -0.15) is 0 Å². The third-order valence-corrected chi connectivity index (χ3v) is 3.59. The van der Waals surface area contributed by atoms with E-state index in [4.69, 9.17) is 0 Å². The summed E-state index contributed by atoms with van der Waals surface area (Å²) in [4.78, 5) is 24.2. The Morgan fingerprint density at radius 3 is 2.63 bits per heavy atom. The number of non-ortho nitro benzene ring substituents is 1. The predicted molar refractivity (Wildman–Crippen MR) is 80.8 cm³/mol. The van der Waals surface area contributed by atoms with Crippen molar-refractivity contribution in [2.24, 2.45) is 0 Å². The van der Waals surface area contributed by atoms with Crippen LogP contribution in [0.4, 0.5) is 5.69 Å². The van der Waals surface area contributed by atoms with Crippen molar-refractivity contribution in [2.45, 2.75) is 13.3 Å². The number of nitro benzene ring substituents is 1. The van der Waals surface area contributed by atoms with E-state index in [0.717, 1.165) is 11.8 Å². The molecule has 0 N–H and O–H groups in total. The van der Waals surface area contributed by atoms with Crippen molar-refractivity contribution in [1.29, 1.82) is 0 Å². The molecular weight excluding hydrogens is 380 g/mol. The van der Waals surface area contributed by atoms with Crippen LogP contribution in [0.15, 0.2) is 22.7 Å². The predicted octanol–water partition coefficient (Wildman–Crippen LogP) is 3.60. The fourth-order valence-electron chi connectivity index (χ4n) is 1.64. The van der Waals surface area contributed by atoms with E-state index in [9.17, 15) is 14.9 Å². The number of hydrogen-bond acceptors (Lipinski definition) is 3. The zero-order chi connectivity index (χ0) is 14.4. The molecule has 5 nitrogen and oxygen atoms in total. The summed E-state index contributed by atoms with van der Waals surface area (Å²) in [5.41, 5.74) is 0.242. The minimum atomic E-state index is -0.504. The van der Waals surface area contributed by atoms with Crippen molar-refractivity contribution < 1.29 is 9.72 Å². The Hall–Kier alpha value is -0.950. The highest BCUT2D eigenvalue weighted by Crippen LogP contribution is 2.22. The molecule has 0 bridgehead atoms. The maximum absolute atomic E-state index is 12.3. The summed E-state index contributed by atoms with van der Waals surface area (Å²) in [5, 5.41) is 11.6. The topological polar surface area (TPSA) is 63.5 Å². The molecule has 0 unspecified atom stereocenters. The van der Waals surface area contributed by atoms with Crippen LogP contribution in [-0.4, -0.2) is 34.2 Å². The van der Waals surface area contributed by atoms with Crippen LogP contribution in [0.2, 0.25) is 0 Å². The molecule has 19 heavy (non-hydrogen) atoms. The Bertz CT molecular complexity index is 480. The fourth-order valence-corrected chi connectivity index (χ4v) is 2.37. The monoisotopic (exact) mass is 392 g/mol. The minimum absolute atomic E-state index is 0.0886. The molecule has 0 aliphatic carbocycles. The van der Waals surface area contributed by atoms with Crippen molar-refractivity contribution in [3.8, 4) is 0 Å². The Kier molecular flexibility index (Phi) is 6.44. The number of amides is 1. The second-order valence-electron chi connectivity index (χ2n) is 3.88. The van der Waals surface area contributed by atoms with Crippen LogP contribution in [0.3, 0.4) is 0 Å². The Labute approximate surface area is 128 Å². The molecule has 0 spiro atoms. The van der Waals surface area contributed by atoms with E-state index in [2.05, 4.69) is 31.9 Å². The first-order chi connectivity index (χ1) is 8.99. The molecule has 0 heterocycles. The van der Waals surface area contributed by atoms with Gasteiger partial charge in [0.2, 0.25) is 0 Å². The van der Waals surface area contributed by atoms with Gasteiger partial charge in [0, 0.05) is 40.6 Å². The average molecular weight is 394 g/mol. The molecular formula is C12H14Br2N2O3. The van der Waals surface area contributed by atoms with Crippen molar-refractivity contribution in [2.75, 3.05) is 18.4 Å². The standard InChI is InChI=1S/C12H14Br2N2O3/c1-2-15(5-3-4-13)12(17)9-6-10(14)8-11(7-9)16(18)19/h6-8H,2-5H2,1H3. The van der Waals surface area contributed by atoms with E-state index in [1.54, 1.807) is 11.0 Å². The average Bonchev–Trinajstić information content (AvgIpc) is 2.38. The summed E-state index contributed by atoms with van der Waals surface area (Å²) in [6.07, 6.45) is 0.843. The summed E-state index contributed by atoms with van der Waals surface area (Å²) in [6, 6.07) is 4.29. The van der Waals surface area contributed by atoms with Crippen LogP contribution in [-0.2, 0) is 0 Å². The van der Waals surface area contributed by atoms with Crippen molar-refractivity contribution >= 4 is 43.5 Å². The summed E-state index contributed by atoms with van der Waals surface area (Å²) < 4.78 is 0.529. The van der Waals surface area contributed by atoms with Crippen molar-refractivity contribution in [3.63, 3.8) is 0 Å². The third kappa shape index (κ3) is 4.58. The van der Waals surface area contributed by atoms with Crippen molar-refractivity contribution in [3.05, 3.63) is 38.3 Å². The third-order valence-electron chi connectivity index (χ3n) is 2.57. The lowest BCUT2D eigenvalue weighted by atomic mass is 10.1. The van der Waals surface area contributed by atoms with Gasteiger partial charge in [0.25, 0.3) is 11.6 Å². The molecule has 0 aromatic heterocycles. The van der Waals surface area contributed by atoms with E-state index in [-0.39, 0.29) is 11.6 Å². The molecule has 0 saturated heterocycles. The zero-order valence-corrected chi connectivity index (χ0v) is 13.6. The van der Waals surface area contributed by atoms with Gasteiger partial charge in [-0.25, -0.2) is 0 Å². The molecule has 104 valence electrons. The summed E-state index contributed by atoms with van der Waals surface area (Å²) in [5.74, 6) is -0.187. The van der Waals surface area contributed by atoms with Gasteiger partial charge in [-0.15, -0.1) is 0 Å². The first-order valence-corrected chi connectivity index (χ1v) is 7.71. The van der Waals surface area contributed by atoms with Gasteiger partial charge in [-0.05, 0) is 19.4 Å². The minimum Gasteiger partial charge on any atom is -0.339 e. The number of alkyl halides is 1. The van der Waals surface area contributed by atoms with Gasteiger partial charge < -0.3 is 4.90 Å². The van der Waals surface area contributed by atoms with E-state index in [0.29, 0.717) is 23.1 Å². The van der Waals surface area contributed by atoms with Crippen LogP contribution in [0.25, 0.3) is 0 Å². The molecule has 1 rings (SSSR count). The van der Waals surface area contributed by atoms with Crippen LogP contribution in [0.5, 0.6) is 0 Å². The SMILES string of the molecule is CCN(CCCBr)C(=O)c1cc(Br)cc([N+](=O)[O-])c1. The van der Waals surface area contributed by atoms with Crippen LogP contribution < -0.4 is 0 Å². The van der Waals surface area contributed by atoms with Crippen LogP contribution in [0, 0.1) is 10.1 Å². The number of benzene rings is 1. The Morgan fingerprint density at radius 1 is 1.42 bits per heavy atom. The maximum atomic E-state index is 12.3. The highest BCUT2D eigenvalue weighted by atomic mass is 79.9. The molecule has 1 aromatic carbocycles. The largest absolute Gasteiger partial charge is 0.339 e. The smallest absolute Gasteiger partial charge is 0.271 e. The highest BCUT2D eigenvalue weighted by molar-refractivity contribution is 9.10. The lowest BCUT2D eigenvalue weighted by Gasteiger charge is -2.20. The number of hydrogen-bond donors (Lipinski definition) is 0. The number of rotatable bonds is 6. The number of carbonyl (C=O) groups is 1. The molecule has 0 aliphatic rings. The molecule has 0 aliphatic heterocycles. The second kappa shape index (κ2) is 7.59. The highest BCUT2D eigenvalue weighted by Gasteiger charge is 2.18. The summed E-state index contributed by atoms with van der Waals surface area (Å²) >= 11 is 6.51. The van der Waals surface area contributed by atoms with Crippen LogP contribution >= 0.6 is 31.9 Å². The number of halogens is 2. The number of nitro groups is 1. The van der Waals surface area contributed by atoms with Gasteiger partial charge in [-0.1, -0.05) is 31.9 Å². The van der Waals surface area contributed by atoms with Crippen molar-refractivity contribution in [1.82, 2.24) is 4.90 Å². The van der Waals surface area contributed by atoms with E-state index in [1.807, 2.05) is 6.92 Å². The lowest BCUT2D eigenvalue weighted by molar-refractivity contribution is -0.385. The Morgan fingerprint density at radius 2 is 2.11 bits per heavy atom. The normalized spacial score (nSPS) is 10.3. The number of nitrogens with zero attached hydrogens (tertiary/aromatic N) is 2. The first-order valence-electron chi connectivity index (χ1n) is 5.79. The summed E-state index contributed by atoms with van der Waals surface area (Å²) in [7, 11) is 0. The quantitative estimate of drug-likeness (QED) is 0.421. The van der Waals surface area contributed by atoms with E-state index >= 15 is 0 Å². The maximum Gasteiger partial charge on any atom is 0.271 e. The van der Waals surface area contributed by atoms with Gasteiger partial charge >= 0.3 is 0 Å².